The minimum Gasteiger partial charge on any atom is -0.166 e. The van der Waals surface area contributed by atoms with E-state index in [-0.39, 0.29) is 5.92 Å². The number of rotatable bonds is 4. The lowest BCUT2D eigenvalue weighted by molar-refractivity contribution is -0.138. The van der Waals surface area contributed by atoms with Crippen molar-refractivity contribution < 1.29 is 13.2 Å². The monoisotopic (exact) mass is 230 g/mol. The Morgan fingerprint density at radius 1 is 1.19 bits per heavy atom. The highest BCUT2D eigenvalue weighted by Crippen LogP contribution is 2.36. The second-order valence-electron chi connectivity index (χ2n) is 4.13. The third-order valence-electron chi connectivity index (χ3n) is 2.79. The second kappa shape index (κ2) is 5.37. The first-order chi connectivity index (χ1) is 7.46. The largest absolute Gasteiger partial charge is 0.416 e. The van der Waals surface area contributed by atoms with Crippen LogP contribution in [-0.4, -0.2) is 0 Å². The van der Waals surface area contributed by atoms with Crippen LogP contribution in [-0.2, 0) is 6.18 Å². The molecule has 0 N–H and O–H groups in total. The van der Waals surface area contributed by atoms with E-state index in [9.17, 15) is 13.2 Å². The normalized spacial score (nSPS) is 13.8. The summed E-state index contributed by atoms with van der Waals surface area (Å²) in [5.41, 5.74) is -0.0675. The lowest BCUT2D eigenvalue weighted by Crippen LogP contribution is -2.10. The molecule has 1 unspecified atom stereocenters. The summed E-state index contributed by atoms with van der Waals surface area (Å²) in [6, 6.07) is 5.87. The van der Waals surface area contributed by atoms with Crippen molar-refractivity contribution in [2.45, 2.75) is 45.2 Å². The van der Waals surface area contributed by atoms with E-state index in [0.717, 1.165) is 25.3 Å². The minimum atomic E-state index is -4.24. The molecule has 0 aliphatic carbocycles. The van der Waals surface area contributed by atoms with Crippen LogP contribution in [0, 0.1) is 0 Å². The highest BCUT2D eigenvalue weighted by molar-refractivity contribution is 5.32. The van der Waals surface area contributed by atoms with Crippen LogP contribution in [0.2, 0.25) is 0 Å². The molecular weight excluding hydrogens is 213 g/mol. The Kier molecular flexibility index (Phi) is 4.39. The van der Waals surface area contributed by atoms with Gasteiger partial charge in [0.15, 0.2) is 0 Å². The third kappa shape index (κ3) is 3.26. The van der Waals surface area contributed by atoms with Crippen molar-refractivity contribution in [3.63, 3.8) is 0 Å². The zero-order valence-corrected chi connectivity index (χ0v) is 9.64. The summed E-state index contributed by atoms with van der Waals surface area (Å²) < 4.78 is 38.2. The first-order valence-electron chi connectivity index (χ1n) is 5.63. The summed E-state index contributed by atoms with van der Waals surface area (Å²) in [4.78, 5) is 0. The summed E-state index contributed by atoms with van der Waals surface area (Å²) in [5.74, 6) is -0.0298. The van der Waals surface area contributed by atoms with Gasteiger partial charge in [-0.3, -0.25) is 0 Å². The fraction of sp³-hybridized carbons (Fsp3) is 0.538. The maximum atomic E-state index is 12.7. The van der Waals surface area contributed by atoms with Crippen LogP contribution in [0.5, 0.6) is 0 Å². The average Bonchev–Trinajstić information content (AvgIpc) is 2.24. The van der Waals surface area contributed by atoms with Gasteiger partial charge in [-0.25, -0.2) is 0 Å². The highest BCUT2D eigenvalue weighted by atomic mass is 19.4. The zero-order chi connectivity index (χ0) is 12.2. The number of alkyl halides is 3. The number of unbranched alkanes of at least 4 members (excludes halogenated alkanes) is 1. The molecule has 3 heteroatoms. The lowest BCUT2D eigenvalue weighted by Gasteiger charge is -2.17. The van der Waals surface area contributed by atoms with Crippen molar-refractivity contribution in [1.82, 2.24) is 0 Å². The molecule has 90 valence electrons. The quantitative estimate of drug-likeness (QED) is 0.682. The number of hydrogen-bond donors (Lipinski definition) is 0. The van der Waals surface area contributed by atoms with E-state index in [2.05, 4.69) is 0 Å². The number of hydrogen-bond acceptors (Lipinski definition) is 0. The maximum Gasteiger partial charge on any atom is 0.416 e. The predicted octanol–water partition coefficient (Wildman–Crippen LogP) is 5.00. The molecule has 0 bridgehead atoms. The van der Waals surface area contributed by atoms with Gasteiger partial charge in [0.1, 0.15) is 0 Å². The summed E-state index contributed by atoms with van der Waals surface area (Å²) in [6.45, 7) is 3.91. The van der Waals surface area contributed by atoms with Gasteiger partial charge in [0.05, 0.1) is 5.56 Å². The van der Waals surface area contributed by atoms with Crippen molar-refractivity contribution in [2.24, 2.45) is 0 Å². The summed E-state index contributed by atoms with van der Waals surface area (Å²) >= 11 is 0. The Morgan fingerprint density at radius 2 is 1.81 bits per heavy atom. The van der Waals surface area contributed by atoms with Gasteiger partial charge in [-0.1, -0.05) is 44.9 Å². The molecule has 0 aliphatic heterocycles. The van der Waals surface area contributed by atoms with E-state index >= 15 is 0 Å². The molecule has 0 aliphatic rings. The van der Waals surface area contributed by atoms with Gasteiger partial charge in [0.2, 0.25) is 0 Å². The Hall–Kier alpha value is -0.990. The van der Waals surface area contributed by atoms with Gasteiger partial charge in [-0.05, 0) is 24.0 Å². The molecule has 0 heterocycles. The topological polar surface area (TPSA) is 0 Å². The zero-order valence-electron chi connectivity index (χ0n) is 9.64. The van der Waals surface area contributed by atoms with Gasteiger partial charge >= 0.3 is 6.18 Å². The molecule has 1 atom stereocenters. The number of halogens is 3. The van der Waals surface area contributed by atoms with Crippen molar-refractivity contribution >= 4 is 0 Å². The average molecular weight is 230 g/mol. The van der Waals surface area contributed by atoms with E-state index in [1.54, 1.807) is 12.1 Å². The molecule has 0 fully saturated rings. The van der Waals surface area contributed by atoms with Crippen LogP contribution in [0.4, 0.5) is 13.2 Å². The van der Waals surface area contributed by atoms with E-state index in [4.69, 9.17) is 0 Å². The second-order valence-corrected chi connectivity index (χ2v) is 4.13. The van der Waals surface area contributed by atoms with E-state index in [0.29, 0.717) is 5.56 Å². The lowest BCUT2D eigenvalue weighted by atomic mass is 9.91. The van der Waals surface area contributed by atoms with Crippen LogP contribution in [0.25, 0.3) is 0 Å². The molecule has 0 saturated heterocycles. The van der Waals surface area contributed by atoms with E-state index < -0.39 is 11.7 Å². The molecule has 0 nitrogen and oxygen atoms in total. The standard InChI is InChI=1S/C13H17F3/c1-3-4-7-10(2)11-8-5-6-9-12(11)13(14,15)16/h5-6,8-10H,3-4,7H2,1-2H3. The Balaban J connectivity index is 2.94. The Bertz CT molecular complexity index is 328. The molecule has 16 heavy (non-hydrogen) atoms. The van der Waals surface area contributed by atoms with Crippen molar-refractivity contribution in [3.05, 3.63) is 35.4 Å². The molecule has 0 radical (unpaired) electrons. The summed E-state index contributed by atoms with van der Waals surface area (Å²) in [6.07, 6.45) is -1.45. The Morgan fingerprint density at radius 3 is 2.38 bits per heavy atom. The molecule has 0 amide bonds. The van der Waals surface area contributed by atoms with Gasteiger partial charge < -0.3 is 0 Å². The van der Waals surface area contributed by atoms with Crippen LogP contribution in [0.1, 0.15) is 50.2 Å². The first-order valence-corrected chi connectivity index (χ1v) is 5.63. The molecule has 1 rings (SSSR count). The van der Waals surface area contributed by atoms with Gasteiger partial charge in [-0.2, -0.15) is 13.2 Å². The molecule has 0 aromatic heterocycles. The fourth-order valence-electron chi connectivity index (χ4n) is 1.85. The highest BCUT2D eigenvalue weighted by Gasteiger charge is 2.33. The van der Waals surface area contributed by atoms with E-state index in [1.807, 2.05) is 13.8 Å². The van der Waals surface area contributed by atoms with Crippen LogP contribution < -0.4 is 0 Å². The van der Waals surface area contributed by atoms with E-state index in [1.165, 1.54) is 6.07 Å². The number of benzene rings is 1. The molecule has 0 spiro atoms. The molecule has 1 aromatic carbocycles. The summed E-state index contributed by atoms with van der Waals surface area (Å²) in [5, 5.41) is 0. The van der Waals surface area contributed by atoms with Crippen molar-refractivity contribution in [1.29, 1.82) is 0 Å². The molecule has 0 saturated carbocycles. The predicted molar refractivity (Wildman–Crippen MR) is 59.4 cm³/mol. The summed E-state index contributed by atoms with van der Waals surface area (Å²) in [7, 11) is 0. The Labute approximate surface area is 94.5 Å². The SMILES string of the molecule is CCCCC(C)c1ccccc1C(F)(F)F. The fourth-order valence-corrected chi connectivity index (χ4v) is 1.85. The minimum absolute atomic E-state index is 0.0298. The smallest absolute Gasteiger partial charge is 0.166 e. The van der Waals surface area contributed by atoms with Gasteiger partial charge in [-0.15, -0.1) is 0 Å². The van der Waals surface area contributed by atoms with Crippen molar-refractivity contribution in [3.8, 4) is 0 Å². The first kappa shape index (κ1) is 13.1. The van der Waals surface area contributed by atoms with Crippen LogP contribution in [0.15, 0.2) is 24.3 Å². The maximum absolute atomic E-state index is 12.7. The molecular formula is C13H17F3. The van der Waals surface area contributed by atoms with Crippen LogP contribution >= 0.6 is 0 Å². The van der Waals surface area contributed by atoms with Gasteiger partial charge in [0.25, 0.3) is 0 Å². The van der Waals surface area contributed by atoms with Crippen LogP contribution in [0.3, 0.4) is 0 Å². The third-order valence-corrected chi connectivity index (χ3v) is 2.79. The molecule has 1 aromatic rings. The van der Waals surface area contributed by atoms with Gasteiger partial charge in [0, 0.05) is 0 Å². The van der Waals surface area contributed by atoms with Crippen molar-refractivity contribution in [2.75, 3.05) is 0 Å².